The smallest absolute Gasteiger partial charge is 0.131 e. The third kappa shape index (κ3) is 5.53. The molecule has 0 aliphatic rings. The molecule has 0 spiro atoms. The molecule has 0 unspecified atom stereocenters. The summed E-state index contributed by atoms with van der Waals surface area (Å²) in [6, 6.07) is 58.1. The molecule has 6 aromatic carbocycles. The van der Waals surface area contributed by atoms with Crippen molar-refractivity contribution in [2.75, 3.05) is 9.80 Å². The first-order valence-corrected chi connectivity index (χ1v) is 13.0. The Morgan fingerprint density at radius 1 is 0.282 bits per heavy atom. The average molecular weight is 505 g/mol. The van der Waals surface area contributed by atoms with Crippen LogP contribution >= 0.6 is 0 Å². The highest BCUT2D eigenvalue weighted by Gasteiger charge is 2.19. The molecule has 0 fully saturated rings. The van der Waals surface area contributed by atoms with Crippen LogP contribution in [0.25, 0.3) is 0 Å². The van der Waals surface area contributed by atoms with Gasteiger partial charge >= 0.3 is 0 Å². The lowest BCUT2D eigenvalue weighted by atomic mass is 10.1. The molecule has 0 saturated heterocycles. The zero-order valence-electron chi connectivity index (χ0n) is 21.5. The molecule has 0 aliphatic carbocycles. The molecular weight excluding hydrogens is 476 g/mol. The number of rotatable bonds is 8. The summed E-state index contributed by atoms with van der Waals surface area (Å²) in [6.45, 7) is 0. The van der Waals surface area contributed by atoms with E-state index in [9.17, 15) is 0 Å². The summed E-state index contributed by atoms with van der Waals surface area (Å²) in [5.41, 5.74) is 6.25. The van der Waals surface area contributed by atoms with E-state index >= 15 is 0 Å². The maximum atomic E-state index is 6.45. The van der Waals surface area contributed by atoms with Gasteiger partial charge in [0, 0.05) is 34.9 Å². The Hall–Kier alpha value is -5.28. The minimum Gasteiger partial charge on any atom is -0.457 e. The normalized spacial score (nSPS) is 10.6. The Morgan fingerprint density at radius 3 is 0.923 bits per heavy atom. The van der Waals surface area contributed by atoms with Gasteiger partial charge in [-0.1, -0.05) is 91.0 Å². The van der Waals surface area contributed by atoms with E-state index in [1.54, 1.807) is 0 Å². The quantitative estimate of drug-likeness (QED) is 0.205. The molecule has 3 heteroatoms. The van der Waals surface area contributed by atoms with Crippen molar-refractivity contribution in [1.29, 1.82) is 0 Å². The highest BCUT2D eigenvalue weighted by atomic mass is 16.5. The zero-order chi connectivity index (χ0) is 26.3. The number of anilines is 6. The lowest BCUT2D eigenvalue weighted by Crippen LogP contribution is -2.13. The number of nitrogens with zero attached hydrogens (tertiary/aromatic N) is 2. The minimum atomic E-state index is 0.752. The molecule has 0 amide bonds. The van der Waals surface area contributed by atoms with E-state index < -0.39 is 0 Å². The first kappa shape index (κ1) is 24.1. The molecule has 0 atom stereocenters. The molecule has 39 heavy (non-hydrogen) atoms. The summed E-state index contributed by atoms with van der Waals surface area (Å²) in [5, 5.41) is 0. The Labute approximate surface area is 229 Å². The van der Waals surface area contributed by atoms with Crippen molar-refractivity contribution < 1.29 is 4.74 Å². The highest BCUT2D eigenvalue weighted by molar-refractivity contribution is 5.84. The van der Waals surface area contributed by atoms with Gasteiger partial charge in [0.05, 0.1) is 11.4 Å². The van der Waals surface area contributed by atoms with Crippen LogP contribution in [0.5, 0.6) is 11.5 Å². The first-order chi connectivity index (χ1) is 19.3. The predicted octanol–water partition coefficient (Wildman–Crippen LogP) is 10.4. The van der Waals surface area contributed by atoms with Crippen LogP contribution < -0.4 is 14.5 Å². The molecule has 0 N–H and O–H groups in total. The van der Waals surface area contributed by atoms with Crippen LogP contribution in [-0.2, 0) is 0 Å². The third-order valence-corrected chi connectivity index (χ3v) is 6.43. The summed E-state index contributed by atoms with van der Waals surface area (Å²) in [5.74, 6) is 1.54. The van der Waals surface area contributed by atoms with Gasteiger partial charge in [0.1, 0.15) is 11.5 Å². The van der Waals surface area contributed by atoms with Crippen LogP contribution in [0.2, 0.25) is 0 Å². The first-order valence-electron chi connectivity index (χ1n) is 13.0. The van der Waals surface area contributed by atoms with Gasteiger partial charge in [-0.3, -0.25) is 0 Å². The lowest BCUT2D eigenvalue weighted by Gasteiger charge is -2.30. The topological polar surface area (TPSA) is 15.7 Å². The van der Waals surface area contributed by atoms with Crippen LogP contribution in [-0.4, -0.2) is 0 Å². The molecule has 188 valence electrons. The van der Waals surface area contributed by atoms with E-state index in [2.05, 4.69) is 125 Å². The SMILES string of the molecule is c1ccc(Oc2cc(N(c3ccccc3)c3ccccc3)cc(N(c3ccccc3)c3ccccc3)c2)cc1. The van der Waals surface area contributed by atoms with Crippen molar-refractivity contribution in [1.82, 2.24) is 0 Å². The van der Waals surface area contributed by atoms with Crippen molar-refractivity contribution in [3.8, 4) is 11.5 Å². The zero-order valence-corrected chi connectivity index (χ0v) is 21.5. The van der Waals surface area contributed by atoms with Gasteiger partial charge in [0.2, 0.25) is 0 Å². The van der Waals surface area contributed by atoms with Crippen molar-refractivity contribution >= 4 is 34.1 Å². The number of hydrogen-bond donors (Lipinski definition) is 0. The van der Waals surface area contributed by atoms with Gasteiger partial charge in [-0.25, -0.2) is 0 Å². The van der Waals surface area contributed by atoms with E-state index in [0.29, 0.717) is 0 Å². The second kappa shape index (κ2) is 11.4. The molecule has 0 aromatic heterocycles. The molecule has 6 rings (SSSR count). The second-order valence-electron chi connectivity index (χ2n) is 9.11. The predicted molar refractivity (Wildman–Crippen MR) is 162 cm³/mol. The summed E-state index contributed by atoms with van der Waals surface area (Å²) < 4.78 is 6.45. The molecular formula is C36H28N2O. The fraction of sp³-hybridized carbons (Fsp3) is 0. The van der Waals surface area contributed by atoms with E-state index in [-0.39, 0.29) is 0 Å². The highest BCUT2D eigenvalue weighted by Crippen LogP contribution is 2.43. The van der Waals surface area contributed by atoms with E-state index in [1.165, 1.54) is 0 Å². The number of hydrogen-bond acceptors (Lipinski definition) is 3. The van der Waals surface area contributed by atoms with Gasteiger partial charge < -0.3 is 14.5 Å². The molecule has 3 nitrogen and oxygen atoms in total. The van der Waals surface area contributed by atoms with Crippen LogP contribution in [0, 0.1) is 0 Å². The summed E-state index contributed by atoms with van der Waals surface area (Å²) in [7, 11) is 0. The van der Waals surface area contributed by atoms with Crippen LogP contribution in [0.1, 0.15) is 0 Å². The number of benzene rings is 6. The fourth-order valence-electron chi connectivity index (χ4n) is 4.71. The Bertz CT molecular complexity index is 1430. The standard InChI is InChI=1S/C36H28N2O/c1-6-16-29(17-7-1)37(30-18-8-2-9-19-30)33-26-34(28-36(27-33)39-35-24-14-5-15-25-35)38(31-20-10-3-11-21-31)32-22-12-4-13-23-32/h1-28H. The van der Waals surface area contributed by atoms with Crippen molar-refractivity contribution in [3.05, 3.63) is 170 Å². The number of para-hydroxylation sites is 5. The summed E-state index contributed by atoms with van der Waals surface area (Å²) >= 11 is 0. The Morgan fingerprint density at radius 2 is 0.590 bits per heavy atom. The van der Waals surface area contributed by atoms with E-state index in [1.807, 2.05) is 54.6 Å². The lowest BCUT2D eigenvalue weighted by molar-refractivity contribution is 0.483. The maximum absolute atomic E-state index is 6.45. The van der Waals surface area contributed by atoms with Crippen LogP contribution in [0.4, 0.5) is 34.1 Å². The van der Waals surface area contributed by atoms with Crippen LogP contribution in [0.3, 0.4) is 0 Å². The fourth-order valence-corrected chi connectivity index (χ4v) is 4.71. The molecule has 0 saturated carbocycles. The molecule has 0 bridgehead atoms. The van der Waals surface area contributed by atoms with Crippen molar-refractivity contribution in [2.24, 2.45) is 0 Å². The van der Waals surface area contributed by atoms with Crippen molar-refractivity contribution in [2.45, 2.75) is 0 Å². The third-order valence-electron chi connectivity index (χ3n) is 6.43. The van der Waals surface area contributed by atoms with Gasteiger partial charge in [0.25, 0.3) is 0 Å². The van der Waals surface area contributed by atoms with Crippen LogP contribution in [0.15, 0.2) is 170 Å². The molecule has 0 heterocycles. The average Bonchev–Trinajstić information content (AvgIpc) is 3.00. The van der Waals surface area contributed by atoms with Gasteiger partial charge in [-0.2, -0.15) is 0 Å². The van der Waals surface area contributed by atoms with Gasteiger partial charge in [-0.05, 0) is 66.7 Å². The molecule has 0 aliphatic heterocycles. The van der Waals surface area contributed by atoms with Gasteiger partial charge in [0.15, 0.2) is 0 Å². The van der Waals surface area contributed by atoms with Crippen molar-refractivity contribution in [3.63, 3.8) is 0 Å². The van der Waals surface area contributed by atoms with E-state index in [0.717, 1.165) is 45.6 Å². The van der Waals surface area contributed by atoms with E-state index in [4.69, 9.17) is 4.74 Å². The Kier molecular flexibility index (Phi) is 7.04. The number of ether oxygens (including phenoxy) is 1. The minimum absolute atomic E-state index is 0.752. The molecule has 6 aromatic rings. The maximum Gasteiger partial charge on any atom is 0.131 e. The summed E-state index contributed by atoms with van der Waals surface area (Å²) in [4.78, 5) is 4.52. The Balaban J connectivity index is 1.57. The molecule has 0 radical (unpaired) electrons. The summed E-state index contributed by atoms with van der Waals surface area (Å²) in [6.07, 6.45) is 0. The monoisotopic (exact) mass is 504 g/mol. The van der Waals surface area contributed by atoms with Gasteiger partial charge in [-0.15, -0.1) is 0 Å². The largest absolute Gasteiger partial charge is 0.457 e. The second-order valence-corrected chi connectivity index (χ2v) is 9.11.